The van der Waals surface area contributed by atoms with Crippen LogP contribution in [0.1, 0.15) is 35.8 Å². The van der Waals surface area contributed by atoms with Gasteiger partial charge in [-0.25, -0.2) is 4.39 Å². The highest BCUT2D eigenvalue weighted by Gasteiger charge is 2.21. The molecule has 0 heterocycles. The molecule has 0 aromatic heterocycles. The van der Waals surface area contributed by atoms with Crippen molar-refractivity contribution in [2.24, 2.45) is 11.7 Å². The van der Waals surface area contributed by atoms with Gasteiger partial charge in [0, 0.05) is 11.6 Å². The average molecular weight is 405 g/mol. The molecule has 0 saturated heterocycles. The van der Waals surface area contributed by atoms with Crippen LogP contribution < -0.4 is 11.1 Å². The lowest BCUT2D eigenvalue weighted by Gasteiger charge is -2.23. The van der Waals surface area contributed by atoms with E-state index in [1.807, 2.05) is 13.8 Å². The minimum Gasteiger partial charge on any atom is -0.366 e. The third-order valence-electron chi connectivity index (χ3n) is 4.01. The summed E-state index contributed by atoms with van der Waals surface area (Å²) < 4.78 is 13.1. The van der Waals surface area contributed by atoms with Crippen LogP contribution >= 0.6 is 11.8 Å². The Balaban J connectivity index is 2.09. The van der Waals surface area contributed by atoms with Crippen LogP contribution in [0.2, 0.25) is 0 Å². The zero-order valence-electron chi connectivity index (χ0n) is 15.3. The lowest BCUT2D eigenvalue weighted by molar-refractivity contribution is -0.387. The summed E-state index contributed by atoms with van der Waals surface area (Å²) in [7, 11) is 0. The number of carbonyl (C=O) groups excluding carboxylic acids is 2. The summed E-state index contributed by atoms with van der Waals surface area (Å²) in [4.78, 5) is 34.4. The Morgan fingerprint density at radius 3 is 2.39 bits per heavy atom. The van der Waals surface area contributed by atoms with E-state index in [-0.39, 0.29) is 45.6 Å². The molecule has 2 rings (SSSR count). The number of carbonyl (C=O) groups is 2. The molecule has 0 radical (unpaired) electrons. The van der Waals surface area contributed by atoms with Gasteiger partial charge in [-0.1, -0.05) is 26.0 Å². The highest BCUT2D eigenvalue weighted by atomic mass is 32.2. The van der Waals surface area contributed by atoms with Crippen molar-refractivity contribution in [1.29, 1.82) is 0 Å². The van der Waals surface area contributed by atoms with Crippen LogP contribution in [0.25, 0.3) is 0 Å². The minimum atomic E-state index is -0.767. The summed E-state index contributed by atoms with van der Waals surface area (Å²) in [5.41, 5.74) is 5.66. The molecule has 0 fully saturated rings. The van der Waals surface area contributed by atoms with Gasteiger partial charge in [0.1, 0.15) is 5.82 Å². The normalized spacial score (nSPS) is 11.9. The second kappa shape index (κ2) is 9.32. The van der Waals surface area contributed by atoms with E-state index < -0.39 is 10.8 Å². The van der Waals surface area contributed by atoms with Crippen molar-refractivity contribution >= 4 is 29.3 Å². The van der Waals surface area contributed by atoms with Gasteiger partial charge in [0.15, 0.2) is 0 Å². The largest absolute Gasteiger partial charge is 0.366 e. The molecule has 0 aliphatic rings. The van der Waals surface area contributed by atoms with Gasteiger partial charge in [-0.3, -0.25) is 19.7 Å². The fourth-order valence-electron chi connectivity index (χ4n) is 2.60. The topological polar surface area (TPSA) is 115 Å². The lowest BCUT2D eigenvalue weighted by atomic mass is 9.96. The Labute approximate surface area is 165 Å². The Kier molecular flexibility index (Phi) is 7.11. The van der Waals surface area contributed by atoms with Crippen molar-refractivity contribution in [3.63, 3.8) is 0 Å². The van der Waals surface area contributed by atoms with E-state index in [1.165, 1.54) is 24.3 Å². The summed E-state index contributed by atoms with van der Waals surface area (Å²) >= 11 is 0.989. The maximum atomic E-state index is 13.1. The number of amides is 2. The Morgan fingerprint density at radius 2 is 1.86 bits per heavy atom. The van der Waals surface area contributed by atoms with E-state index >= 15 is 0 Å². The number of nitrogens with one attached hydrogen (secondary N) is 1. The van der Waals surface area contributed by atoms with E-state index in [0.29, 0.717) is 0 Å². The number of rotatable bonds is 8. The van der Waals surface area contributed by atoms with E-state index in [4.69, 9.17) is 5.73 Å². The van der Waals surface area contributed by atoms with Gasteiger partial charge >= 0.3 is 0 Å². The minimum absolute atomic E-state index is 0.0247. The van der Waals surface area contributed by atoms with Crippen molar-refractivity contribution in [1.82, 2.24) is 5.32 Å². The van der Waals surface area contributed by atoms with Crippen molar-refractivity contribution in [2.75, 3.05) is 5.75 Å². The van der Waals surface area contributed by atoms with Crippen LogP contribution in [-0.4, -0.2) is 22.5 Å². The Bertz CT molecular complexity index is 887. The number of halogens is 1. The molecule has 3 N–H and O–H groups in total. The zero-order valence-corrected chi connectivity index (χ0v) is 16.2. The molecule has 1 atom stereocenters. The van der Waals surface area contributed by atoms with Gasteiger partial charge in [-0.15, -0.1) is 11.8 Å². The van der Waals surface area contributed by atoms with Crippen LogP contribution in [-0.2, 0) is 4.79 Å². The fraction of sp³-hybridized carbons (Fsp3) is 0.263. The summed E-state index contributed by atoms with van der Waals surface area (Å²) in [5, 5.41) is 14.1. The summed E-state index contributed by atoms with van der Waals surface area (Å²) in [6, 6.07) is 9.44. The number of nitrogens with two attached hydrogens (primary N) is 1. The Morgan fingerprint density at radius 1 is 1.21 bits per heavy atom. The van der Waals surface area contributed by atoms with E-state index in [9.17, 15) is 24.1 Å². The molecule has 1 unspecified atom stereocenters. The molecule has 28 heavy (non-hydrogen) atoms. The number of nitro groups is 1. The number of hydrogen-bond acceptors (Lipinski definition) is 5. The summed E-state index contributed by atoms with van der Waals surface area (Å²) in [6.45, 7) is 3.85. The van der Waals surface area contributed by atoms with Gasteiger partial charge in [-0.05, 0) is 35.7 Å². The first-order valence-electron chi connectivity index (χ1n) is 8.45. The van der Waals surface area contributed by atoms with Crippen LogP contribution in [0, 0.1) is 21.8 Å². The quantitative estimate of drug-likeness (QED) is 0.397. The van der Waals surface area contributed by atoms with Gasteiger partial charge in [0.2, 0.25) is 11.8 Å². The number of nitro benzene ring substituents is 1. The van der Waals surface area contributed by atoms with Gasteiger partial charge in [0.05, 0.1) is 21.6 Å². The third-order valence-corrected chi connectivity index (χ3v) is 5.07. The van der Waals surface area contributed by atoms with E-state index in [0.717, 1.165) is 23.4 Å². The Hall–Kier alpha value is -2.94. The molecule has 0 spiro atoms. The highest BCUT2D eigenvalue weighted by Crippen LogP contribution is 2.30. The molecule has 0 bridgehead atoms. The van der Waals surface area contributed by atoms with Crippen LogP contribution in [0.5, 0.6) is 0 Å². The lowest BCUT2D eigenvalue weighted by Crippen LogP contribution is -2.33. The van der Waals surface area contributed by atoms with E-state index in [1.54, 1.807) is 12.1 Å². The standard InChI is InChI=1S/C19H20FN3O4S/c1-11(2)18(12-3-6-14(20)7-4-12)22-17(24)10-28-16-8-5-13(19(21)25)9-15(16)23(26)27/h3-9,11,18H,10H2,1-2H3,(H2,21,25)(H,22,24). The SMILES string of the molecule is CC(C)C(NC(=O)CSc1ccc(C(N)=O)cc1[N+](=O)[O-])c1ccc(F)cc1. The van der Waals surface area contributed by atoms with Gasteiger partial charge < -0.3 is 11.1 Å². The fourth-order valence-corrected chi connectivity index (χ4v) is 3.41. The second-order valence-corrected chi connectivity index (χ2v) is 7.45. The molecule has 0 saturated carbocycles. The van der Waals surface area contributed by atoms with Crippen molar-refractivity contribution in [2.45, 2.75) is 24.8 Å². The summed E-state index contributed by atoms with van der Waals surface area (Å²) in [6.07, 6.45) is 0. The van der Waals surface area contributed by atoms with Crippen molar-refractivity contribution in [3.05, 3.63) is 69.5 Å². The molecule has 0 aliphatic heterocycles. The van der Waals surface area contributed by atoms with Gasteiger partial charge in [0.25, 0.3) is 5.69 Å². The third kappa shape index (κ3) is 5.53. The van der Waals surface area contributed by atoms with Crippen LogP contribution in [0.3, 0.4) is 0 Å². The number of primary amides is 1. The first-order valence-corrected chi connectivity index (χ1v) is 9.43. The zero-order chi connectivity index (χ0) is 20.8. The predicted octanol–water partition coefficient (Wildman–Crippen LogP) is 3.44. The maximum Gasteiger partial charge on any atom is 0.283 e. The van der Waals surface area contributed by atoms with Crippen molar-refractivity contribution < 1.29 is 18.9 Å². The van der Waals surface area contributed by atoms with Crippen molar-refractivity contribution in [3.8, 4) is 0 Å². The molecule has 2 aromatic rings. The monoisotopic (exact) mass is 405 g/mol. The smallest absolute Gasteiger partial charge is 0.283 e. The number of benzene rings is 2. The van der Waals surface area contributed by atoms with Crippen LogP contribution in [0.15, 0.2) is 47.4 Å². The predicted molar refractivity (Wildman–Crippen MR) is 104 cm³/mol. The number of hydrogen-bond donors (Lipinski definition) is 2. The molecular formula is C19H20FN3O4S. The number of thioether (sulfide) groups is 1. The first kappa shape index (κ1) is 21.4. The molecule has 0 aliphatic carbocycles. The van der Waals surface area contributed by atoms with Crippen LogP contribution in [0.4, 0.5) is 10.1 Å². The molecule has 2 aromatic carbocycles. The van der Waals surface area contributed by atoms with E-state index in [2.05, 4.69) is 5.32 Å². The second-order valence-electron chi connectivity index (χ2n) is 6.43. The maximum absolute atomic E-state index is 13.1. The number of nitrogens with zero attached hydrogens (tertiary/aromatic N) is 1. The average Bonchev–Trinajstić information content (AvgIpc) is 2.64. The molecule has 148 valence electrons. The molecular weight excluding hydrogens is 385 g/mol. The highest BCUT2D eigenvalue weighted by molar-refractivity contribution is 8.00. The first-order chi connectivity index (χ1) is 13.2. The molecule has 2 amide bonds. The molecule has 9 heteroatoms. The molecule has 7 nitrogen and oxygen atoms in total. The van der Waals surface area contributed by atoms with Gasteiger partial charge in [-0.2, -0.15) is 0 Å². The summed E-state index contributed by atoms with van der Waals surface area (Å²) in [5.74, 6) is -1.44.